The molecule has 0 saturated heterocycles. The summed E-state index contributed by atoms with van der Waals surface area (Å²) in [5.74, 6) is -0.579. The Kier molecular flexibility index (Phi) is 24.8. The van der Waals surface area contributed by atoms with Gasteiger partial charge in [0.25, 0.3) is 5.97 Å². The zero-order valence-corrected chi connectivity index (χ0v) is 8.92. The van der Waals surface area contributed by atoms with E-state index in [9.17, 15) is 8.99 Å². The van der Waals surface area contributed by atoms with Crippen molar-refractivity contribution in [2.24, 2.45) is 0 Å². The summed E-state index contributed by atoms with van der Waals surface area (Å²) < 4.78 is 10.1. The second-order valence-electron chi connectivity index (χ2n) is 1.64. The number of aliphatic carboxylic acids is 1. The Hall–Kier alpha value is -0.410. The number of hydrogen-bond donors (Lipinski definition) is 1. The molecule has 0 radical (unpaired) electrons. The van der Waals surface area contributed by atoms with Gasteiger partial charge in [0.1, 0.15) is 5.78 Å². The molecule has 72 valence electrons. The summed E-state index contributed by atoms with van der Waals surface area (Å²) in [6.45, 7) is 4.52. The highest BCUT2D eigenvalue weighted by molar-refractivity contribution is 7.94. The quantitative estimate of drug-likeness (QED) is 0.681. The predicted octanol–water partition coefficient (Wildman–Crippen LogP) is 2.36. The molecule has 0 rings (SSSR count). The zero-order chi connectivity index (χ0) is 10.6. The molecular formula is C6H12FO3PS. The molecule has 0 aliphatic carbocycles. The van der Waals surface area contributed by atoms with E-state index in [-0.39, 0.29) is 5.78 Å². The molecule has 0 saturated carbocycles. The number of carboxylic acids is 1. The topological polar surface area (TPSA) is 54.4 Å². The van der Waals surface area contributed by atoms with E-state index in [1.807, 2.05) is 6.92 Å². The molecule has 0 fully saturated rings. The van der Waals surface area contributed by atoms with Crippen LogP contribution in [0.3, 0.4) is 0 Å². The molecule has 0 heterocycles. The molecule has 3 nitrogen and oxygen atoms in total. The highest BCUT2D eigenvalue weighted by Crippen LogP contribution is 1.84. The van der Waals surface area contributed by atoms with Gasteiger partial charge in [-0.15, -0.1) is 0 Å². The van der Waals surface area contributed by atoms with Crippen LogP contribution in [-0.2, 0) is 21.4 Å². The monoisotopic (exact) mass is 214 g/mol. The van der Waals surface area contributed by atoms with Crippen molar-refractivity contribution in [2.75, 3.05) is 0 Å². The van der Waals surface area contributed by atoms with Gasteiger partial charge < -0.3 is 9.90 Å². The number of carboxylic acid groups (broad SMARTS) is 1. The molecule has 0 aromatic carbocycles. The molecule has 0 bridgehead atoms. The maximum Gasteiger partial charge on any atom is 0.300 e. The largest absolute Gasteiger partial charge is 0.481 e. The first kappa shape index (κ1) is 17.6. The predicted molar refractivity (Wildman–Crippen MR) is 49.7 cm³/mol. The van der Waals surface area contributed by atoms with E-state index in [4.69, 9.17) is 9.90 Å². The van der Waals surface area contributed by atoms with Gasteiger partial charge in [-0.05, 0) is 18.7 Å². The first-order valence-corrected chi connectivity index (χ1v) is 4.84. The van der Waals surface area contributed by atoms with E-state index < -0.39 is 13.6 Å². The van der Waals surface area contributed by atoms with Gasteiger partial charge in [-0.1, -0.05) is 6.92 Å². The molecule has 0 amide bonds. The van der Waals surface area contributed by atoms with Crippen LogP contribution in [-0.4, -0.2) is 16.9 Å². The molecule has 6 heteroatoms. The Labute approximate surface area is 77.9 Å². The maximum atomic E-state index is 10.1. The summed E-state index contributed by atoms with van der Waals surface area (Å²) in [5, 5.41) is 7.42. The smallest absolute Gasteiger partial charge is 0.300 e. The van der Waals surface area contributed by atoms with Crippen LogP contribution in [0.5, 0.6) is 0 Å². The van der Waals surface area contributed by atoms with Gasteiger partial charge in [-0.25, -0.2) is 0 Å². The van der Waals surface area contributed by atoms with E-state index in [1.165, 1.54) is 0 Å². The van der Waals surface area contributed by atoms with Gasteiger partial charge in [-0.2, -0.15) is 4.20 Å². The van der Waals surface area contributed by atoms with Gasteiger partial charge in [0.15, 0.2) is 7.67 Å². The normalized spacial score (nSPS) is 7.00. The lowest BCUT2D eigenvalue weighted by Gasteiger charge is -1.71. The molecule has 0 unspecified atom stereocenters. The van der Waals surface area contributed by atoms with Gasteiger partial charge in [0.05, 0.1) is 0 Å². The molecular weight excluding hydrogens is 202 g/mol. The molecule has 0 aromatic rings. The van der Waals surface area contributed by atoms with Crippen LogP contribution in [0.2, 0.25) is 0 Å². The Bertz CT molecular complexity index is 137. The fourth-order valence-corrected chi connectivity index (χ4v) is 0. The molecule has 1 N–H and O–H groups in total. The molecule has 0 spiro atoms. The Morgan fingerprint density at radius 3 is 1.58 bits per heavy atom. The fraction of sp³-hybridized carbons (Fsp3) is 0.667. The number of carbonyl (C=O) groups excluding carboxylic acids is 1. The van der Waals surface area contributed by atoms with Crippen molar-refractivity contribution in [3.05, 3.63) is 0 Å². The zero-order valence-electron chi connectivity index (χ0n) is 7.20. The Morgan fingerprint density at radius 1 is 1.50 bits per heavy atom. The average Bonchev–Trinajstić information content (AvgIpc) is 1.88. The second kappa shape index (κ2) is 16.9. The van der Waals surface area contributed by atoms with Crippen molar-refractivity contribution in [3.63, 3.8) is 0 Å². The van der Waals surface area contributed by atoms with Gasteiger partial charge in [0, 0.05) is 13.3 Å². The third-order valence-electron chi connectivity index (χ3n) is 0.498. The van der Waals surface area contributed by atoms with Crippen molar-refractivity contribution < 1.29 is 18.9 Å². The van der Waals surface area contributed by atoms with Crippen LogP contribution in [0.15, 0.2) is 0 Å². The summed E-state index contributed by atoms with van der Waals surface area (Å²) >= 11 is 3.70. The van der Waals surface area contributed by atoms with Crippen molar-refractivity contribution in [1.29, 1.82) is 0 Å². The molecule has 12 heavy (non-hydrogen) atoms. The third-order valence-corrected chi connectivity index (χ3v) is 0.498. The van der Waals surface area contributed by atoms with Crippen LogP contribution < -0.4 is 0 Å². The van der Waals surface area contributed by atoms with Crippen molar-refractivity contribution >= 4 is 31.2 Å². The summed E-state index contributed by atoms with van der Waals surface area (Å²) in [6, 6.07) is 0. The van der Waals surface area contributed by atoms with Crippen LogP contribution in [0.4, 0.5) is 4.20 Å². The molecule has 0 atom stereocenters. The van der Waals surface area contributed by atoms with Crippen molar-refractivity contribution in [1.82, 2.24) is 0 Å². The molecule has 0 aliphatic heterocycles. The number of halogens is 1. The number of ketones is 1. The Morgan fingerprint density at radius 2 is 1.58 bits per heavy atom. The van der Waals surface area contributed by atoms with Gasteiger partial charge in [-0.3, -0.25) is 4.79 Å². The maximum absolute atomic E-state index is 10.1. The van der Waals surface area contributed by atoms with Crippen LogP contribution in [0.1, 0.15) is 27.2 Å². The van der Waals surface area contributed by atoms with Crippen LogP contribution in [0.25, 0.3) is 0 Å². The summed E-state index contributed by atoms with van der Waals surface area (Å²) in [7, 11) is -0.500. The minimum absolute atomic E-state index is 0.255. The lowest BCUT2D eigenvalue weighted by atomic mass is 10.4. The van der Waals surface area contributed by atoms with Gasteiger partial charge >= 0.3 is 0 Å². The fourth-order valence-electron chi connectivity index (χ4n) is 0. The highest BCUT2D eigenvalue weighted by atomic mass is 32.4. The summed E-state index contributed by atoms with van der Waals surface area (Å²) in [5.41, 5.74) is 0. The first-order chi connectivity index (χ1) is 5.42. The number of carbonyl (C=O) groups is 2. The van der Waals surface area contributed by atoms with Crippen molar-refractivity contribution in [3.8, 4) is 0 Å². The average molecular weight is 214 g/mol. The SMILES string of the molecule is CC(=O)O.CCC(C)=O.FP=S. The number of rotatable bonds is 1. The van der Waals surface area contributed by atoms with Crippen LogP contribution in [0, 0.1) is 0 Å². The standard InChI is InChI=1S/C4H8O.C2H4O2.FPS/c1-3-4(2)5;1-2(3)4;1-2-3/h3H2,1-2H3;1H3,(H,3,4);. The van der Waals surface area contributed by atoms with E-state index in [0.717, 1.165) is 6.92 Å². The number of Topliss-reactive ketones (excluding diaryl/α,β-unsaturated/α-hetero) is 1. The third kappa shape index (κ3) is 280. The van der Waals surface area contributed by atoms with E-state index in [0.29, 0.717) is 6.42 Å². The lowest BCUT2D eigenvalue weighted by molar-refractivity contribution is -0.134. The summed E-state index contributed by atoms with van der Waals surface area (Å²) in [4.78, 5) is 18.8. The Balaban J connectivity index is -0.000000105. The second-order valence-corrected chi connectivity index (χ2v) is 2.20. The molecule has 0 aliphatic rings. The summed E-state index contributed by atoms with van der Waals surface area (Å²) in [6.07, 6.45) is 0.667. The van der Waals surface area contributed by atoms with Gasteiger partial charge in [0.2, 0.25) is 0 Å². The molecule has 0 aromatic heterocycles. The van der Waals surface area contributed by atoms with Crippen molar-refractivity contribution in [2.45, 2.75) is 27.2 Å². The lowest BCUT2D eigenvalue weighted by Crippen LogP contribution is -1.80. The van der Waals surface area contributed by atoms with Crippen LogP contribution >= 0.6 is 7.67 Å². The van der Waals surface area contributed by atoms with E-state index >= 15 is 0 Å². The minimum Gasteiger partial charge on any atom is -0.481 e. The number of hydrogen-bond acceptors (Lipinski definition) is 3. The highest BCUT2D eigenvalue weighted by Gasteiger charge is 1.76. The van der Waals surface area contributed by atoms with E-state index in [1.54, 1.807) is 6.92 Å². The first-order valence-electron chi connectivity index (χ1n) is 3.04. The van der Waals surface area contributed by atoms with E-state index in [2.05, 4.69) is 11.8 Å². The minimum atomic E-state index is -0.833.